The van der Waals surface area contributed by atoms with Crippen LogP contribution in [-0.4, -0.2) is 34.9 Å². The number of hydrogen-bond acceptors (Lipinski definition) is 6. The van der Waals surface area contributed by atoms with Crippen LogP contribution in [0.5, 0.6) is 5.75 Å². The molecule has 38 heavy (non-hydrogen) atoms. The second-order valence-corrected chi connectivity index (χ2v) is 10.8. The van der Waals surface area contributed by atoms with E-state index in [9.17, 15) is 14.4 Å². The van der Waals surface area contributed by atoms with Crippen molar-refractivity contribution in [3.8, 4) is 5.75 Å². The summed E-state index contributed by atoms with van der Waals surface area (Å²) in [5.41, 5.74) is 0.887. The number of carbonyl (C=O) groups excluding carboxylic acids is 3. The SMILES string of the molecule is CC[C@H](C)[C@H](CC(=O)[C@H](CC1CCCCC1)NC(=O)c1ccno1)C(=O)NCc1ccccc1OC(C)C. The summed E-state index contributed by atoms with van der Waals surface area (Å²) in [6.45, 7) is 8.26. The summed E-state index contributed by atoms with van der Waals surface area (Å²) in [5, 5.41) is 9.52. The van der Waals surface area contributed by atoms with Gasteiger partial charge in [-0.15, -0.1) is 0 Å². The topological polar surface area (TPSA) is 111 Å². The monoisotopic (exact) mass is 525 g/mol. The molecule has 8 heteroatoms. The summed E-state index contributed by atoms with van der Waals surface area (Å²) < 4.78 is 10.9. The van der Waals surface area contributed by atoms with Crippen molar-refractivity contribution < 1.29 is 23.6 Å². The molecule has 1 aliphatic carbocycles. The van der Waals surface area contributed by atoms with Crippen molar-refractivity contribution in [2.24, 2.45) is 17.8 Å². The zero-order chi connectivity index (χ0) is 27.5. The Balaban J connectivity index is 1.70. The number of para-hydroxylation sites is 1. The molecule has 0 bridgehead atoms. The number of nitrogens with zero attached hydrogens (tertiary/aromatic N) is 1. The number of amides is 2. The minimum absolute atomic E-state index is 0.00131. The van der Waals surface area contributed by atoms with E-state index in [0.29, 0.717) is 18.9 Å². The highest BCUT2D eigenvalue weighted by atomic mass is 16.5. The number of benzene rings is 1. The predicted octanol–water partition coefficient (Wildman–Crippen LogP) is 5.47. The van der Waals surface area contributed by atoms with Gasteiger partial charge in [-0.25, -0.2) is 0 Å². The number of aromatic nitrogens is 1. The minimum atomic E-state index is -0.671. The molecule has 1 aromatic heterocycles. The van der Waals surface area contributed by atoms with E-state index in [1.165, 1.54) is 18.7 Å². The molecule has 0 spiro atoms. The van der Waals surface area contributed by atoms with E-state index in [4.69, 9.17) is 9.26 Å². The summed E-state index contributed by atoms with van der Waals surface area (Å²) in [5.74, 6) is -0.0452. The van der Waals surface area contributed by atoms with E-state index in [-0.39, 0.29) is 35.9 Å². The lowest BCUT2D eigenvalue weighted by molar-refractivity contribution is -0.132. The molecule has 0 saturated heterocycles. The van der Waals surface area contributed by atoms with Crippen molar-refractivity contribution in [2.75, 3.05) is 0 Å². The molecule has 2 amide bonds. The average Bonchev–Trinajstić information content (AvgIpc) is 3.46. The normalized spacial score (nSPS) is 16.4. The summed E-state index contributed by atoms with van der Waals surface area (Å²) >= 11 is 0. The molecule has 0 aliphatic heterocycles. The zero-order valence-electron chi connectivity index (χ0n) is 23.2. The maximum Gasteiger partial charge on any atom is 0.290 e. The van der Waals surface area contributed by atoms with Gasteiger partial charge in [0.1, 0.15) is 5.75 Å². The Labute approximate surface area is 226 Å². The first kappa shape index (κ1) is 29.4. The predicted molar refractivity (Wildman–Crippen MR) is 146 cm³/mol. The third kappa shape index (κ3) is 8.71. The second kappa shape index (κ2) is 14.7. The number of nitrogens with one attached hydrogen (secondary N) is 2. The van der Waals surface area contributed by atoms with Crippen LogP contribution in [0.15, 0.2) is 41.1 Å². The lowest BCUT2D eigenvalue weighted by Gasteiger charge is -2.28. The zero-order valence-corrected chi connectivity index (χ0v) is 23.2. The molecule has 1 aliphatic rings. The Bertz CT molecular complexity index is 1030. The van der Waals surface area contributed by atoms with Gasteiger partial charge in [0.2, 0.25) is 11.7 Å². The molecular weight excluding hydrogens is 482 g/mol. The molecule has 0 radical (unpaired) electrons. The molecule has 2 aromatic rings. The van der Waals surface area contributed by atoms with Gasteiger partial charge in [0.25, 0.3) is 5.91 Å². The van der Waals surface area contributed by atoms with Crippen LogP contribution in [0.1, 0.15) is 95.2 Å². The van der Waals surface area contributed by atoms with Gasteiger partial charge in [0.05, 0.1) is 18.3 Å². The van der Waals surface area contributed by atoms with Gasteiger partial charge in [-0.05, 0) is 38.2 Å². The second-order valence-electron chi connectivity index (χ2n) is 10.8. The van der Waals surface area contributed by atoms with Crippen molar-refractivity contribution >= 4 is 17.6 Å². The molecule has 1 saturated carbocycles. The fraction of sp³-hybridized carbons (Fsp3) is 0.600. The number of rotatable bonds is 14. The van der Waals surface area contributed by atoms with Crippen LogP contribution in [0, 0.1) is 17.8 Å². The number of hydrogen-bond donors (Lipinski definition) is 2. The quantitative estimate of drug-likeness (QED) is 0.338. The smallest absolute Gasteiger partial charge is 0.290 e. The highest BCUT2D eigenvalue weighted by Gasteiger charge is 2.32. The fourth-order valence-electron chi connectivity index (χ4n) is 5.12. The van der Waals surface area contributed by atoms with E-state index in [1.807, 2.05) is 52.0 Å². The van der Waals surface area contributed by atoms with Crippen LogP contribution in [0.2, 0.25) is 0 Å². The Kier molecular flexibility index (Phi) is 11.4. The van der Waals surface area contributed by atoms with Gasteiger partial charge in [-0.1, -0.05) is 75.7 Å². The average molecular weight is 526 g/mol. The van der Waals surface area contributed by atoms with Crippen LogP contribution in [0.25, 0.3) is 0 Å². The third-order valence-electron chi connectivity index (χ3n) is 7.53. The first-order valence-corrected chi connectivity index (χ1v) is 14.0. The first-order valence-electron chi connectivity index (χ1n) is 14.0. The van der Waals surface area contributed by atoms with Crippen LogP contribution < -0.4 is 15.4 Å². The molecule has 0 unspecified atom stereocenters. The minimum Gasteiger partial charge on any atom is -0.491 e. The molecule has 3 atom stereocenters. The molecule has 8 nitrogen and oxygen atoms in total. The van der Waals surface area contributed by atoms with Gasteiger partial charge in [0, 0.05) is 30.5 Å². The summed E-state index contributed by atoms with van der Waals surface area (Å²) in [6, 6.07) is 8.45. The maximum atomic E-state index is 13.6. The van der Waals surface area contributed by atoms with E-state index in [2.05, 4.69) is 15.8 Å². The van der Waals surface area contributed by atoms with E-state index in [1.54, 1.807) is 0 Å². The van der Waals surface area contributed by atoms with E-state index >= 15 is 0 Å². The summed E-state index contributed by atoms with van der Waals surface area (Å²) in [4.78, 5) is 39.8. The molecule has 208 valence electrons. The number of ketones is 1. The van der Waals surface area contributed by atoms with Crippen LogP contribution in [0.4, 0.5) is 0 Å². The molecular formula is C30H43N3O5. The highest BCUT2D eigenvalue weighted by molar-refractivity contribution is 5.97. The fourth-order valence-corrected chi connectivity index (χ4v) is 5.12. The Hall–Kier alpha value is -3.16. The van der Waals surface area contributed by atoms with Crippen molar-refractivity contribution in [2.45, 2.75) is 97.8 Å². The first-order chi connectivity index (χ1) is 18.3. The molecule has 1 heterocycles. The molecule has 1 aromatic carbocycles. The summed E-state index contributed by atoms with van der Waals surface area (Å²) in [6.07, 6.45) is 8.42. The molecule has 2 N–H and O–H groups in total. The van der Waals surface area contributed by atoms with Crippen molar-refractivity contribution in [1.29, 1.82) is 0 Å². The van der Waals surface area contributed by atoms with Gasteiger partial charge in [0.15, 0.2) is 5.78 Å². The van der Waals surface area contributed by atoms with Gasteiger partial charge in [-0.2, -0.15) is 0 Å². The van der Waals surface area contributed by atoms with Crippen LogP contribution in [-0.2, 0) is 16.1 Å². The standard InChI is InChI=1S/C30H43N3O5/c1-5-21(4)24(29(35)31-19-23-13-9-10-14-27(23)37-20(2)3)18-26(34)25(17-22-11-7-6-8-12-22)33-30(36)28-15-16-32-38-28/h9-10,13-16,20-22,24-25H,5-8,11-12,17-19H2,1-4H3,(H,31,35)(H,33,36)/t21-,24-,25-/m0/s1. The molecule has 3 rings (SSSR count). The van der Waals surface area contributed by atoms with Crippen molar-refractivity contribution in [3.05, 3.63) is 47.9 Å². The summed E-state index contributed by atoms with van der Waals surface area (Å²) in [7, 11) is 0. The van der Waals surface area contributed by atoms with Crippen molar-refractivity contribution in [1.82, 2.24) is 15.8 Å². The number of carbonyl (C=O) groups is 3. The van der Waals surface area contributed by atoms with Gasteiger partial charge < -0.3 is 19.9 Å². The Morgan fingerprint density at radius 1 is 1.08 bits per heavy atom. The van der Waals surface area contributed by atoms with Crippen LogP contribution >= 0.6 is 0 Å². The van der Waals surface area contributed by atoms with Gasteiger partial charge in [-0.3, -0.25) is 14.4 Å². The lowest BCUT2D eigenvalue weighted by Crippen LogP contribution is -2.45. The number of Topliss-reactive ketones (excluding diaryl/α,β-unsaturated/α-hetero) is 1. The largest absolute Gasteiger partial charge is 0.491 e. The number of ether oxygens (including phenoxy) is 1. The van der Waals surface area contributed by atoms with Crippen LogP contribution in [0.3, 0.4) is 0 Å². The van der Waals surface area contributed by atoms with Crippen molar-refractivity contribution in [3.63, 3.8) is 0 Å². The Morgan fingerprint density at radius 2 is 1.82 bits per heavy atom. The Morgan fingerprint density at radius 3 is 2.47 bits per heavy atom. The van der Waals surface area contributed by atoms with E-state index < -0.39 is 17.9 Å². The molecule has 1 fully saturated rings. The highest BCUT2D eigenvalue weighted by Crippen LogP contribution is 2.29. The van der Waals surface area contributed by atoms with E-state index in [0.717, 1.165) is 43.4 Å². The maximum absolute atomic E-state index is 13.6. The third-order valence-corrected chi connectivity index (χ3v) is 7.53. The van der Waals surface area contributed by atoms with Gasteiger partial charge >= 0.3 is 0 Å². The lowest BCUT2D eigenvalue weighted by atomic mass is 9.81.